The van der Waals surface area contributed by atoms with Crippen molar-refractivity contribution >= 4 is 21.7 Å². The monoisotopic (exact) mass is 409 g/mol. The third-order valence-corrected chi connectivity index (χ3v) is 6.20. The summed E-state index contributed by atoms with van der Waals surface area (Å²) in [5.74, 6) is -1.65. The molecule has 150 valence electrons. The number of nitrogens with one attached hydrogen (secondary N) is 1. The van der Waals surface area contributed by atoms with Gasteiger partial charge in [-0.1, -0.05) is 12.1 Å². The highest BCUT2D eigenvalue weighted by molar-refractivity contribution is 7.92. The van der Waals surface area contributed by atoms with Crippen LogP contribution in [0, 0.1) is 5.82 Å². The molecule has 1 amide bonds. The number of halogens is 1. The third kappa shape index (κ3) is 4.16. The summed E-state index contributed by atoms with van der Waals surface area (Å²) in [6.45, 7) is 0.314. The van der Waals surface area contributed by atoms with Crippen LogP contribution in [0.3, 0.4) is 0 Å². The first-order valence-electron chi connectivity index (χ1n) is 8.63. The number of rotatable bonds is 5. The molecule has 0 radical (unpaired) electrons. The van der Waals surface area contributed by atoms with Crippen LogP contribution in [0.15, 0.2) is 30.3 Å². The molecule has 0 atom stereocenters. The average molecular weight is 409 g/mol. The summed E-state index contributed by atoms with van der Waals surface area (Å²) in [5, 5.41) is 12.9. The zero-order valence-corrected chi connectivity index (χ0v) is 16.0. The number of carbonyl (C=O) groups is 1. The maximum Gasteiger partial charge on any atom is 0.274 e. The largest absolute Gasteiger partial charge is 0.503 e. The molecule has 10 heteroatoms. The van der Waals surface area contributed by atoms with Gasteiger partial charge in [-0.25, -0.2) is 17.8 Å². The third-order valence-electron chi connectivity index (χ3n) is 4.35. The maximum absolute atomic E-state index is 13.0. The molecule has 2 aromatic rings. The highest BCUT2D eigenvalue weighted by Crippen LogP contribution is 2.34. The quantitative estimate of drug-likeness (QED) is 0.779. The summed E-state index contributed by atoms with van der Waals surface area (Å²) < 4.78 is 43.8. The molecule has 0 spiro atoms. The van der Waals surface area contributed by atoms with Crippen molar-refractivity contribution in [3.63, 3.8) is 0 Å². The molecule has 0 unspecified atom stereocenters. The van der Waals surface area contributed by atoms with Gasteiger partial charge in [-0.05, 0) is 30.5 Å². The first-order valence-corrected chi connectivity index (χ1v) is 10.2. The van der Waals surface area contributed by atoms with Crippen LogP contribution in [-0.4, -0.2) is 43.8 Å². The van der Waals surface area contributed by atoms with E-state index in [-0.39, 0.29) is 36.1 Å². The molecular weight excluding hydrogens is 389 g/mol. The summed E-state index contributed by atoms with van der Waals surface area (Å²) in [6, 6.07) is 6.85. The number of hydrogen-bond acceptors (Lipinski definition) is 6. The van der Waals surface area contributed by atoms with Crippen molar-refractivity contribution in [3.8, 4) is 11.5 Å². The second kappa shape index (κ2) is 8.01. The van der Waals surface area contributed by atoms with Crippen molar-refractivity contribution in [1.82, 2.24) is 10.3 Å². The van der Waals surface area contributed by atoms with E-state index in [1.54, 1.807) is 0 Å². The lowest BCUT2D eigenvalue weighted by molar-refractivity contribution is 0.0942. The molecule has 8 nitrogen and oxygen atoms in total. The Balaban J connectivity index is 1.88. The number of pyridine rings is 1. The number of sulfonamides is 1. The molecule has 1 aliphatic rings. The Hall–Kier alpha value is -2.88. The number of carbonyl (C=O) groups excluding carboxylic acids is 1. The van der Waals surface area contributed by atoms with Gasteiger partial charge >= 0.3 is 0 Å². The fraction of sp³-hybridized carbons (Fsp3) is 0.333. The second-order valence-electron chi connectivity index (χ2n) is 6.28. The van der Waals surface area contributed by atoms with Crippen LogP contribution in [-0.2, 0) is 16.6 Å². The highest BCUT2D eigenvalue weighted by Gasteiger charge is 2.30. The number of amides is 1. The molecule has 1 saturated heterocycles. The Morgan fingerprint density at radius 2 is 2.04 bits per heavy atom. The smallest absolute Gasteiger partial charge is 0.274 e. The van der Waals surface area contributed by atoms with Crippen LogP contribution in [0.4, 0.5) is 10.2 Å². The van der Waals surface area contributed by atoms with E-state index in [9.17, 15) is 22.7 Å². The number of nitrogens with zero attached hydrogens (tertiary/aromatic N) is 2. The normalized spacial score (nSPS) is 15.9. The van der Waals surface area contributed by atoms with Gasteiger partial charge in [-0.15, -0.1) is 0 Å². The zero-order valence-electron chi connectivity index (χ0n) is 15.2. The Morgan fingerprint density at radius 3 is 2.68 bits per heavy atom. The van der Waals surface area contributed by atoms with Crippen LogP contribution in [0.2, 0.25) is 0 Å². The fourth-order valence-corrected chi connectivity index (χ4v) is 4.43. The Morgan fingerprint density at radius 1 is 1.32 bits per heavy atom. The molecule has 1 aliphatic heterocycles. The van der Waals surface area contributed by atoms with Gasteiger partial charge in [0, 0.05) is 19.2 Å². The van der Waals surface area contributed by atoms with Gasteiger partial charge in [-0.3, -0.25) is 9.10 Å². The highest BCUT2D eigenvalue weighted by atomic mass is 32.2. The van der Waals surface area contributed by atoms with Crippen molar-refractivity contribution in [3.05, 3.63) is 47.4 Å². The van der Waals surface area contributed by atoms with Crippen LogP contribution < -0.4 is 14.4 Å². The van der Waals surface area contributed by atoms with Crippen molar-refractivity contribution < 1.29 is 27.4 Å². The van der Waals surface area contributed by atoms with E-state index >= 15 is 0 Å². The predicted molar refractivity (Wildman–Crippen MR) is 100 cm³/mol. The van der Waals surface area contributed by atoms with E-state index in [4.69, 9.17) is 4.74 Å². The van der Waals surface area contributed by atoms with Gasteiger partial charge in [0.2, 0.25) is 10.0 Å². The summed E-state index contributed by atoms with van der Waals surface area (Å²) in [7, 11) is -2.25. The fourth-order valence-electron chi connectivity index (χ4n) is 2.86. The summed E-state index contributed by atoms with van der Waals surface area (Å²) in [4.78, 5) is 16.6. The van der Waals surface area contributed by atoms with E-state index in [0.717, 1.165) is 4.31 Å². The van der Waals surface area contributed by atoms with Crippen LogP contribution in [0.25, 0.3) is 0 Å². The number of aromatic nitrogens is 1. The minimum atomic E-state index is -3.55. The first kappa shape index (κ1) is 19.9. The van der Waals surface area contributed by atoms with Crippen LogP contribution in [0.1, 0.15) is 28.9 Å². The van der Waals surface area contributed by atoms with E-state index in [1.807, 2.05) is 0 Å². The van der Waals surface area contributed by atoms with E-state index in [0.29, 0.717) is 18.4 Å². The number of hydrogen-bond donors (Lipinski definition) is 2. The van der Waals surface area contributed by atoms with Crippen molar-refractivity contribution in [1.29, 1.82) is 0 Å². The van der Waals surface area contributed by atoms with Crippen molar-refractivity contribution in [2.24, 2.45) is 0 Å². The molecule has 1 fully saturated rings. The molecule has 0 aliphatic carbocycles. The molecule has 28 heavy (non-hydrogen) atoms. The first-order chi connectivity index (χ1) is 13.3. The topological polar surface area (TPSA) is 109 Å². The van der Waals surface area contributed by atoms with Crippen molar-refractivity contribution in [2.75, 3.05) is 23.7 Å². The van der Waals surface area contributed by atoms with E-state index in [1.165, 1.54) is 37.4 Å². The van der Waals surface area contributed by atoms with Gasteiger partial charge in [-0.2, -0.15) is 0 Å². The van der Waals surface area contributed by atoms with E-state index in [2.05, 4.69) is 10.3 Å². The zero-order chi connectivity index (χ0) is 20.3. The molecule has 1 aromatic heterocycles. The number of ether oxygens (including phenoxy) is 1. The standard InChI is InChI=1S/C18H20FN3O5S/c1-27-14-10-15(22-8-2-3-9-28(22,25)26)21-16(17(14)23)18(24)20-11-12-4-6-13(19)7-5-12/h4-7,10,23H,2-3,8-9,11H2,1H3,(H,20,24). The Kier molecular flexibility index (Phi) is 5.68. The number of benzene rings is 1. The molecule has 2 N–H and O–H groups in total. The molecule has 2 heterocycles. The molecule has 1 aromatic carbocycles. The van der Waals surface area contributed by atoms with Crippen LogP contribution >= 0.6 is 0 Å². The Bertz CT molecular complexity index is 979. The summed E-state index contributed by atoms with van der Waals surface area (Å²) >= 11 is 0. The van der Waals surface area contributed by atoms with Gasteiger partial charge in [0.25, 0.3) is 5.91 Å². The number of aromatic hydroxyl groups is 1. The molecule has 0 saturated carbocycles. The maximum atomic E-state index is 13.0. The van der Waals surface area contributed by atoms with Gasteiger partial charge < -0.3 is 15.2 Å². The van der Waals surface area contributed by atoms with Gasteiger partial charge in [0.1, 0.15) is 11.6 Å². The molecule has 3 rings (SSSR count). The lowest BCUT2D eigenvalue weighted by atomic mass is 10.2. The van der Waals surface area contributed by atoms with Crippen molar-refractivity contribution in [2.45, 2.75) is 19.4 Å². The number of anilines is 1. The van der Waals surface area contributed by atoms with E-state index < -0.39 is 27.5 Å². The minimum Gasteiger partial charge on any atom is -0.503 e. The van der Waals surface area contributed by atoms with Crippen LogP contribution in [0.5, 0.6) is 11.5 Å². The average Bonchev–Trinajstić information content (AvgIpc) is 2.67. The second-order valence-corrected chi connectivity index (χ2v) is 8.30. The minimum absolute atomic E-state index is 0.00995. The summed E-state index contributed by atoms with van der Waals surface area (Å²) in [6.07, 6.45) is 1.22. The Labute approximate surface area is 162 Å². The molecule has 0 bridgehead atoms. The molecular formula is C18H20FN3O5S. The SMILES string of the molecule is COc1cc(N2CCCCS2(=O)=O)nc(C(=O)NCc2ccc(F)cc2)c1O. The van der Waals surface area contributed by atoms with Gasteiger partial charge in [0.15, 0.2) is 17.2 Å². The van der Waals surface area contributed by atoms with Gasteiger partial charge in [0.05, 0.1) is 12.9 Å². The number of methoxy groups -OCH3 is 1. The predicted octanol–water partition coefficient (Wildman–Crippen LogP) is 1.79. The lowest BCUT2D eigenvalue weighted by Gasteiger charge is -2.28. The lowest BCUT2D eigenvalue weighted by Crippen LogP contribution is -2.38. The summed E-state index contributed by atoms with van der Waals surface area (Å²) in [5.41, 5.74) is 0.299.